The highest BCUT2D eigenvalue weighted by atomic mass is 16.5. The molecule has 3 heterocycles. The number of para-hydroxylation sites is 2. The highest BCUT2D eigenvalue weighted by Gasteiger charge is 2.33. The van der Waals surface area contributed by atoms with E-state index in [4.69, 9.17) is 14.5 Å². The van der Waals surface area contributed by atoms with Gasteiger partial charge in [0.2, 0.25) is 0 Å². The topological polar surface area (TPSA) is 87.2 Å². The van der Waals surface area contributed by atoms with Crippen LogP contribution in [0.3, 0.4) is 0 Å². The van der Waals surface area contributed by atoms with Crippen LogP contribution < -0.4 is 10.4 Å². The first-order chi connectivity index (χ1) is 21.0. The summed E-state index contributed by atoms with van der Waals surface area (Å²) in [7, 11) is 1.29. The number of ether oxygens (including phenoxy) is 2. The van der Waals surface area contributed by atoms with Crippen LogP contribution in [0.2, 0.25) is 0 Å². The Morgan fingerprint density at radius 2 is 1.63 bits per heavy atom. The Hall–Kier alpha value is -4.31. The van der Waals surface area contributed by atoms with Crippen LogP contribution in [0.5, 0.6) is 0 Å². The molecule has 43 heavy (non-hydrogen) atoms. The Morgan fingerprint density at radius 3 is 2.30 bits per heavy atom. The van der Waals surface area contributed by atoms with E-state index in [1.165, 1.54) is 7.11 Å². The lowest BCUT2D eigenvalue weighted by Gasteiger charge is -2.39. The van der Waals surface area contributed by atoms with Gasteiger partial charge in [0.25, 0.3) is 5.91 Å². The Morgan fingerprint density at radius 1 is 0.953 bits per heavy atom. The molecule has 2 atom stereocenters. The van der Waals surface area contributed by atoms with E-state index in [2.05, 4.69) is 22.1 Å². The van der Waals surface area contributed by atoms with Gasteiger partial charge in [0, 0.05) is 61.9 Å². The number of aromatic nitrogens is 1. The van der Waals surface area contributed by atoms with E-state index in [0.29, 0.717) is 29.4 Å². The molecular weight excluding hydrogens is 542 g/mol. The van der Waals surface area contributed by atoms with E-state index >= 15 is 0 Å². The summed E-state index contributed by atoms with van der Waals surface area (Å²) < 4.78 is 10.9. The summed E-state index contributed by atoms with van der Waals surface area (Å²) in [6, 6.07) is 27.0. The van der Waals surface area contributed by atoms with Gasteiger partial charge in [-0.05, 0) is 31.5 Å². The van der Waals surface area contributed by atoms with Gasteiger partial charge in [0.15, 0.2) is 0 Å². The number of hydrogen-bond acceptors (Lipinski definition) is 7. The second-order valence-electron chi connectivity index (χ2n) is 11.0. The maximum Gasteiger partial charge on any atom is 0.433 e. The fourth-order valence-corrected chi connectivity index (χ4v) is 6.22. The molecule has 4 aromatic rings. The molecule has 2 amide bonds. The normalized spacial score (nSPS) is 19.3. The van der Waals surface area contributed by atoms with Gasteiger partial charge in [-0.1, -0.05) is 66.7 Å². The van der Waals surface area contributed by atoms with Crippen molar-refractivity contribution in [1.29, 1.82) is 0 Å². The number of amides is 2. The molecule has 1 N–H and O–H groups in total. The lowest BCUT2D eigenvalue weighted by atomic mass is 9.95. The zero-order valence-corrected chi connectivity index (χ0v) is 24.6. The van der Waals surface area contributed by atoms with Gasteiger partial charge in [-0.25, -0.2) is 9.78 Å². The summed E-state index contributed by atoms with van der Waals surface area (Å²) in [5.41, 5.74) is 7.06. The van der Waals surface area contributed by atoms with Gasteiger partial charge in [0.05, 0.1) is 35.7 Å². The molecule has 0 bridgehead atoms. The van der Waals surface area contributed by atoms with E-state index in [1.807, 2.05) is 60.7 Å². The van der Waals surface area contributed by atoms with Crippen molar-refractivity contribution in [2.45, 2.75) is 32.0 Å². The van der Waals surface area contributed by atoms with Crippen molar-refractivity contribution in [3.8, 4) is 11.3 Å². The summed E-state index contributed by atoms with van der Waals surface area (Å²) in [4.78, 5) is 37.2. The lowest BCUT2D eigenvalue weighted by molar-refractivity contribution is 0.0437. The number of carbonyl (C=O) groups is 2. The molecule has 2 aliphatic rings. The van der Waals surface area contributed by atoms with Crippen LogP contribution in [-0.2, 0) is 16.0 Å². The van der Waals surface area contributed by atoms with Gasteiger partial charge >= 0.3 is 6.09 Å². The predicted molar refractivity (Wildman–Crippen MR) is 167 cm³/mol. The fraction of sp³-hybridized carbons (Fsp3) is 0.324. The number of rotatable bonds is 6. The summed E-state index contributed by atoms with van der Waals surface area (Å²) >= 11 is 0. The number of methoxy groups -OCH3 is 1. The van der Waals surface area contributed by atoms with Crippen LogP contribution in [0.15, 0.2) is 84.9 Å². The number of carbonyl (C=O) groups excluding carboxylic acids is 2. The van der Waals surface area contributed by atoms with Crippen LogP contribution in [0.25, 0.3) is 22.2 Å². The van der Waals surface area contributed by atoms with Crippen LogP contribution >= 0.6 is 0 Å². The SMILES string of the molecule is COC(=O)N(NC(=O)c1c(CN2CCN(C3CCOC3C)CC2)c(-c2ccccc2)nc2ccccc12)c1ccccc1. The van der Waals surface area contributed by atoms with Crippen molar-refractivity contribution >= 4 is 28.6 Å². The minimum atomic E-state index is -0.691. The van der Waals surface area contributed by atoms with Gasteiger partial charge in [0.1, 0.15) is 0 Å². The third kappa shape index (κ3) is 6.10. The number of piperazine rings is 1. The Labute approximate surface area is 252 Å². The van der Waals surface area contributed by atoms with Crippen molar-refractivity contribution in [3.63, 3.8) is 0 Å². The van der Waals surface area contributed by atoms with Crippen molar-refractivity contribution < 1.29 is 19.1 Å². The molecule has 0 saturated carbocycles. The highest BCUT2D eigenvalue weighted by Crippen LogP contribution is 2.32. The quantitative estimate of drug-likeness (QED) is 0.318. The van der Waals surface area contributed by atoms with E-state index < -0.39 is 12.0 Å². The van der Waals surface area contributed by atoms with Crippen LogP contribution in [-0.4, -0.2) is 78.8 Å². The Balaban J connectivity index is 1.39. The van der Waals surface area contributed by atoms with Crippen molar-refractivity contribution in [2.75, 3.05) is 44.9 Å². The average molecular weight is 580 g/mol. The summed E-state index contributed by atoms with van der Waals surface area (Å²) in [5, 5.41) is 1.87. The fourth-order valence-electron chi connectivity index (χ4n) is 6.22. The number of benzene rings is 3. The molecular formula is C34H37N5O4. The Kier molecular flexibility index (Phi) is 8.64. The summed E-state index contributed by atoms with van der Waals surface area (Å²) in [5.74, 6) is -0.407. The van der Waals surface area contributed by atoms with Crippen molar-refractivity contribution in [3.05, 3.63) is 96.1 Å². The molecule has 0 spiro atoms. The zero-order chi connectivity index (χ0) is 29.8. The summed E-state index contributed by atoms with van der Waals surface area (Å²) in [6.45, 7) is 7.12. The smallest absolute Gasteiger partial charge is 0.433 e. The Bertz CT molecular complexity index is 1570. The molecule has 222 valence electrons. The standard InChI is InChI=1S/C34H37N5O4/c1-24-30(17-22-43-24)38-20-18-37(19-21-38)23-28-31(33(40)36-39(34(41)42-2)26-13-7-4-8-14-26)27-15-9-10-16-29(27)35-32(28)25-11-5-3-6-12-25/h3-16,24,30H,17-23H2,1-2H3,(H,36,40). The number of anilines is 1. The molecule has 9 heteroatoms. The minimum Gasteiger partial charge on any atom is -0.451 e. The van der Waals surface area contributed by atoms with Crippen LogP contribution in [0, 0.1) is 0 Å². The number of nitrogens with zero attached hydrogens (tertiary/aromatic N) is 4. The molecule has 0 aliphatic carbocycles. The number of pyridine rings is 1. The van der Waals surface area contributed by atoms with Crippen LogP contribution in [0.4, 0.5) is 10.5 Å². The first kappa shape index (κ1) is 28.8. The van der Waals surface area contributed by atoms with E-state index in [-0.39, 0.29) is 6.10 Å². The highest BCUT2D eigenvalue weighted by molar-refractivity contribution is 6.10. The third-order valence-corrected chi connectivity index (χ3v) is 8.45. The molecule has 2 fully saturated rings. The first-order valence-corrected chi connectivity index (χ1v) is 14.8. The average Bonchev–Trinajstić information content (AvgIpc) is 3.49. The van der Waals surface area contributed by atoms with Gasteiger partial charge < -0.3 is 9.47 Å². The number of hydrogen-bond donors (Lipinski definition) is 1. The second kappa shape index (κ2) is 12.9. The number of hydrazine groups is 1. The molecule has 2 unspecified atom stereocenters. The second-order valence-corrected chi connectivity index (χ2v) is 11.0. The molecule has 9 nitrogen and oxygen atoms in total. The van der Waals surface area contributed by atoms with Crippen molar-refractivity contribution in [1.82, 2.24) is 20.2 Å². The number of fused-ring (bicyclic) bond motifs is 1. The van der Waals surface area contributed by atoms with Gasteiger partial charge in [-0.15, -0.1) is 0 Å². The van der Waals surface area contributed by atoms with E-state index in [1.54, 1.807) is 24.3 Å². The predicted octanol–water partition coefficient (Wildman–Crippen LogP) is 5.11. The largest absolute Gasteiger partial charge is 0.451 e. The molecule has 2 aliphatic heterocycles. The van der Waals surface area contributed by atoms with Gasteiger partial charge in [-0.2, -0.15) is 5.01 Å². The molecule has 6 rings (SSSR count). The maximum absolute atomic E-state index is 14.3. The van der Waals surface area contributed by atoms with E-state index in [9.17, 15) is 9.59 Å². The number of nitrogens with one attached hydrogen (secondary N) is 1. The minimum absolute atomic E-state index is 0.249. The zero-order valence-electron chi connectivity index (χ0n) is 24.6. The van der Waals surface area contributed by atoms with E-state index in [0.717, 1.165) is 66.4 Å². The van der Waals surface area contributed by atoms with Gasteiger partial charge in [-0.3, -0.25) is 20.0 Å². The third-order valence-electron chi connectivity index (χ3n) is 8.45. The molecule has 0 radical (unpaired) electrons. The molecule has 1 aromatic heterocycles. The first-order valence-electron chi connectivity index (χ1n) is 14.8. The molecule has 3 aromatic carbocycles. The maximum atomic E-state index is 14.3. The van der Waals surface area contributed by atoms with Crippen LogP contribution in [0.1, 0.15) is 29.3 Å². The lowest BCUT2D eigenvalue weighted by Crippen LogP contribution is -2.52. The molecule has 2 saturated heterocycles. The summed E-state index contributed by atoms with van der Waals surface area (Å²) in [6.07, 6.45) is 0.624. The van der Waals surface area contributed by atoms with Crippen molar-refractivity contribution in [2.24, 2.45) is 0 Å². The monoisotopic (exact) mass is 579 g/mol.